The van der Waals surface area contributed by atoms with Crippen LogP contribution in [0.2, 0.25) is 0 Å². The number of aromatic nitrogens is 1. The molecule has 0 fully saturated rings. The van der Waals surface area contributed by atoms with Crippen molar-refractivity contribution in [2.24, 2.45) is 5.73 Å². The Balaban J connectivity index is 1.96. The number of carbonyl (C=O) groups excluding carboxylic acids is 1. The summed E-state index contributed by atoms with van der Waals surface area (Å²) in [5, 5.41) is 8.84. The Morgan fingerprint density at radius 1 is 1.58 bits per heavy atom. The summed E-state index contributed by atoms with van der Waals surface area (Å²) in [5.74, 6) is -0.261. The number of hydrogen-bond donors (Lipinski definition) is 2. The van der Waals surface area contributed by atoms with E-state index in [1.807, 2.05) is 18.2 Å². The fourth-order valence-corrected chi connectivity index (χ4v) is 1.82. The molecule has 6 heteroatoms. The molecule has 0 bridgehead atoms. The number of rotatable bonds is 5. The minimum Gasteiger partial charge on any atom is -0.443 e. The summed E-state index contributed by atoms with van der Waals surface area (Å²) in [4.78, 5) is 17.2. The highest BCUT2D eigenvalue weighted by molar-refractivity contribution is 5.81. The van der Waals surface area contributed by atoms with Gasteiger partial charge in [-0.1, -0.05) is 6.07 Å². The number of benzene rings is 1. The van der Waals surface area contributed by atoms with Crippen LogP contribution >= 0.6 is 0 Å². The van der Waals surface area contributed by atoms with Crippen LogP contribution in [0.3, 0.4) is 0 Å². The van der Waals surface area contributed by atoms with E-state index >= 15 is 0 Å². The van der Waals surface area contributed by atoms with Gasteiger partial charge in [0.2, 0.25) is 5.91 Å². The Morgan fingerprint density at radius 2 is 2.37 bits per heavy atom. The minimum atomic E-state index is -0.846. The van der Waals surface area contributed by atoms with E-state index in [-0.39, 0.29) is 12.5 Å². The van der Waals surface area contributed by atoms with E-state index in [2.05, 4.69) is 4.98 Å². The molecule has 2 rings (SSSR count). The van der Waals surface area contributed by atoms with E-state index in [0.717, 1.165) is 16.7 Å². The van der Waals surface area contributed by atoms with Gasteiger partial charge in [-0.05, 0) is 24.1 Å². The average molecular weight is 263 g/mol. The standard InChI is InChI=1S/C13H17N3O3/c1-16(13(18)10(14)7-17)5-4-9-2-3-11-12(6-9)19-8-15-11/h2-3,6,8,10,17H,4-5,7,14H2,1H3. The third kappa shape index (κ3) is 3.10. The lowest BCUT2D eigenvalue weighted by Crippen LogP contribution is -2.44. The lowest BCUT2D eigenvalue weighted by molar-refractivity contribution is -0.132. The molecule has 1 heterocycles. The highest BCUT2D eigenvalue weighted by atomic mass is 16.3. The van der Waals surface area contributed by atoms with Gasteiger partial charge in [0.15, 0.2) is 12.0 Å². The van der Waals surface area contributed by atoms with Crippen LogP contribution in [0.4, 0.5) is 0 Å². The van der Waals surface area contributed by atoms with E-state index in [1.54, 1.807) is 7.05 Å². The molecule has 1 atom stereocenters. The maximum absolute atomic E-state index is 11.7. The zero-order chi connectivity index (χ0) is 13.8. The van der Waals surface area contributed by atoms with Gasteiger partial charge >= 0.3 is 0 Å². The smallest absolute Gasteiger partial charge is 0.241 e. The Bertz CT molecular complexity index is 567. The molecule has 1 unspecified atom stereocenters. The quantitative estimate of drug-likeness (QED) is 0.801. The van der Waals surface area contributed by atoms with Gasteiger partial charge in [-0.3, -0.25) is 4.79 Å². The van der Waals surface area contributed by atoms with Gasteiger partial charge in [-0.25, -0.2) is 4.98 Å². The van der Waals surface area contributed by atoms with Crippen LogP contribution in [-0.2, 0) is 11.2 Å². The molecule has 1 aromatic heterocycles. The van der Waals surface area contributed by atoms with Crippen LogP contribution in [0.25, 0.3) is 11.1 Å². The molecule has 19 heavy (non-hydrogen) atoms. The molecule has 102 valence electrons. The van der Waals surface area contributed by atoms with Gasteiger partial charge in [-0.2, -0.15) is 0 Å². The van der Waals surface area contributed by atoms with Crippen LogP contribution < -0.4 is 5.73 Å². The lowest BCUT2D eigenvalue weighted by Gasteiger charge is -2.20. The number of aliphatic hydroxyl groups is 1. The average Bonchev–Trinajstić information content (AvgIpc) is 2.90. The van der Waals surface area contributed by atoms with Crippen molar-refractivity contribution in [3.05, 3.63) is 30.2 Å². The second-order valence-corrected chi connectivity index (χ2v) is 4.45. The van der Waals surface area contributed by atoms with Crippen molar-refractivity contribution in [2.75, 3.05) is 20.2 Å². The molecular formula is C13H17N3O3. The molecule has 3 N–H and O–H groups in total. The number of likely N-dealkylation sites (N-methyl/N-ethyl adjacent to an activating group) is 1. The van der Waals surface area contributed by atoms with E-state index in [1.165, 1.54) is 11.3 Å². The summed E-state index contributed by atoms with van der Waals surface area (Å²) in [6.45, 7) is 0.194. The number of carbonyl (C=O) groups is 1. The first-order valence-electron chi connectivity index (χ1n) is 6.05. The predicted molar refractivity (Wildman–Crippen MR) is 70.4 cm³/mol. The maximum atomic E-state index is 11.7. The van der Waals surface area contributed by atoms with E-state index in [4.69, 9.17) is 15.3 Å². The number of amides is 1. The van der Waals surface area contributed by atoms with Crippen LogP contribution in [0.5, 0.6) is 0 Å². The normalized spacial score (nSPS) is 12.6. The Morgan fingerprint density at radius 3 is 3.11 bits per heavy atom. The number of oxazole rings is 1. The molecule has 0 aliphatic carbocycles. The van der Waals surface area contributed by atoms with Crippen molar-refractivity contribution >= 4 is 17.0 Å². The Kier molecular flexibility index (Phi) is 4.13. The van der Waals surface area contributed by atoms with Gasteiger partial charge in [0.25, 0.3) is 0 Å². The van der Waals surface area contributed by atoms with Crippen LogP contribution in [-0.4, -0.2) is 47.1 Å². The molecule has 0 saturated carbocycles. The predicted octanol–water partition coefficient (Wildman–Crippen LogP) is 0.148. The van der Waals surface area contributed by atoms with Crippen molar-refractivity contribution in [3.8, 4) is 0 Å². The van der Waals surface area contributed by atoms with Gasteiger partial charge in [-0.15, -0.1) is 0 Å². The molecular weight excluding hydrogens is 246 g/mol. The number of nitrogens with two attached hydrogens (primary N) is 1. The Hall–Kier alpha value is -1.92. The first kappa shape index (κ1) is 13.5. The van der Waals surface area contributed by atoms with Crippen molar-refractivity contribution in [1.82, 2.24) is 9.88 Å². The topological polar surface area (TPSA) is 92.6 Å². The molecule has 1 amide bonds. The minimum absolute atomic E-state index is 0.261. The van der Waals surface area contributed by atoms with E-state index in [0.29, 0.717) is 13.0 Å². The summed E-state index contributed by atoms with van der Waals surface area (Å²) < 4.78 is 5.22. The van der Waals surface area contributed by atoms with Gasteiger partial charge in [0.05, 0.1) is 6.61 Å². The number of nitrogens with zero attached hydrogens (tertiary/aromatic N) is 2. The molecule has 0 saturated heterocycles. The molecule has 6 nitrogen and oxygen atoms in total. The van der Waals surface area contributed by atoms with Crippen molar-refractivity contribution < 1.29 is 14.3 Å². The van der Waals surface area contributed by atoms with Crippen LogP contribution in [0.15, 0.2) is 29.0 Å². The molecule has 1 aromatic carbocycles. The molecule has 0 aliphatic rings. The molecule has 0 spiro atoms. The van der Waals surface area contributed by atoms with Crippen molar-refractivity contribution in [3.63, 3.8) is 0 Å². The second kappa shape index (κ2) is 5.81. The zero-order valence-electron chi connectivity index (χ0n) is 10.7. The zero-order valence-corrected chi connectivity index (χ0v) is 10.7. The summed E-state index contributed by atoms with van der Waals surface area (Å²) in [6.07, 6.45) is 2.10. The Labute approximate surface area is 110 Å². The number of hydrogen-bond acceptors (Lipinski definition) is 5. The summed E-state index contributed by atoms with van der Waals surface area (Å²) >= 11 is 0. The fraction of sp³-hybridized carbons (Fsp3) is 0.385. The molecule has 0 aliphatic heterocycles. The molecule has 0 radical (unpaired) electrons. The summed E-state index contributed by atoms with van der Waals surface area (Å²) in [5.41, 5.74) is 8.09. The lowest BCUT2D eigenvalue weighted by atomic mass is 10.1. The largest absolute Gasteiger partial charge is 0.443 e. The van der Waals surface area contributed by atoms with Gasteiger partial charge < -0.3 is 20.2 Å². The highest BCUT2D eigenvalue weighted by Gasteiger charge is 2.16. The van der Waals surface area contributed by atoms with Gasteiger partial charge in [0.1, 0.15) is 11.6 Å². The SMILES string of the molecule is CN(CCc1ccc2ncoc2c1)C(=O)C(N)CO. The maximum Gasteiger partial charge on any atom is 0.241 e. The molecule has 2 aromatic rings. The van der Waals surface area contributed by atoms with Crippen LogP contribution in [0, 0.1) is 0 Å². The first-order valence-corrected chi connectivity index (χ1v) is 6.05. The number of fused-ring (bicyclic) bond motifs is 1. The summed E-state index contributed by atoms with van der Waals surface area (Å²) in [6, 6.07) is 4.90. The third-order valence-corrected chi connectivity index (χ3v) is 3.02. The first-order chi connectivity index (χ1) is 9.11. The van der Waals surface area contributed by atoms with Gasteiger partial charge in [0, 0.05) is 13.6 Å². The highest BCUT2D eigenvalue weighted by Crippen LogP contribution is 2.14. The van der Waals surface area contributed by atoms with Crippen molar-refractivity contribution in [2.45, 2.75) is 12.5 Å². The van der Waals surface area contributed by atoms with E-state index < -0.39 is 6.04 Å². The fourth-order valence-electron chi connectivity index (χ4n) is 1.82. The van der Waals surface area contributed by atoms with E-state index in [9.17, 15) is 4.79 Å². The number of aliphatic hydroxyl groups excluding tert-OH is 1. The third-order valence-electron chi connectivity index (χ3n) is 3.02. The van der Waals surface area contributed by atoms with Crippen molar-refractivity contribution in [1.29, 1.82) is 0 Å². The second-order valence-electron chi connectivity index (χ2n) is 4.45. The van der Waals surface area contributed by atoms with Crippen LogP contribution in [0.1, 0.15) is 5.56 Å². The monoisotopic (exact) mass is 263 g/mol. The summed E-state index contributed by atoms with van der Waals surface area (Å²) in [7, 11) is 1.67.